The third kappa shape index (κ3) is 4.58. The van der Waals surface area contributed by atoms with E-state index < -0.39 is 0 Å². The number of unbranched alkanes of at least 4 members (excludes halogenated alkanes) is 1. The van der Waals surface area contributed by atoms with E-state index in [0.29, 0.717) is 24.4 Å². The average molecular weight is 258 g/mol. The fraction of sp³-hybridized carbons (Fsp3) is 0.455. The van der Waals surface area contributed by atoms with Crippen molar-refractivity contribution in [2.45, 2.75) is 12.8 Å². The molecule has 0 bridgehead atoms. The highest BCUT2D eigenvalue weighted by Crippen LogP contribution is 2.15. The molecule has 0 fully saturated rings. The number of nitrogens with two attached hydrogens (primary N) is 1. The lowest BCUT2D eigenvalue weighted by atomic mass is 10.2. The Bertz CT molecular complexity index is 385. The van der Waals surface area contributed by atoms with E-state index in [0.717, 1.165) is 12.8 Å². The van der Waals surface area contributed by atoms with Crippen LogP contribution in [0, 0.1) is 0 Å². The van der Waals surface area contributed by atoms with Crippen LogP contribution in [-0.4, -0.2) is 31.2 Å². The van der Waals surface area contributed by atoms with Crippen molar-refractivity contribution in [3.63, 3.8) is 0 Å². The van der Waals surface area contributed by atoms with E-state index in [4.69, 9.17) is 22.1 Å². The van der Waals surface area contributed by atoms with Crippen LogP contribution < -0.4 is 11.1 Å². The Morgan fingerprint density at radius 2 is 2.35 bits per heavy atom. The highest BCUT2D eigenvalue weighted by atomic mass is 35.5. The third-order valence-corrected chi connectivity index (χ3v) is 2.47. The van der Waals surface area contributed by atoms with Gasteiger partial charge in [0.15, 0.2) is 0 Å². The Kier molecular flexibility index (Phi) is 5.72. The molecule has 0 radical (unpaired) electrons. The number of nitrogen functional groups attached to an aromatic ring is 1. The van der Waals surface area contributed by atoms with Crippen molar-refractivity contribution in [1.29, 1.82) is 0 Å². The Hall–Kier alpha value is -1.33. The number of aromatic nitrogens is 1. The number of carbonyl (C=O) groups is 1. The number of hydrogen-bond acceptors (Lipinski definition) is 4. The second kappa shape index (κ2) is 7.09. The molecular weight excluding hydrogens is 242 g/mol. The summed E-state index contributed by atoms with van der Waals surface area (Å²) in [6.07, 6.45) is 3.17. The van der Waals surface area contributed by atoms with E-state index in [1.165, 1.54) is 12.3 Å². The maximum Gasteiger partial charge on any atom is 0.254 e. The number of pyridine rings is 1. The molecule has 0 aliphatic carbocycles. The summed E-state index contributed by atoms with van der Waals surface area (Å²) in [5.41, 5.74) is 6.26. The monoisotopic (exact) mass is 257 g/mol. The molecule has 6 heteroatoms. The molecule has 0 aromatic carbocycles. The number of halogens is 1. The number of methoxy groups -OCH3 is 1. The first-order chi connectivity index (χ1) is 8.15. The van der Waals surface area contributed by atoms with Crippen molar-refractivity contribution >= 4 is 23.2 Å². The SMILES string of the molecule is COCCCCNC(=O)c1cc(N)cnc1Cl. The summed E-state index contributed by atoms with van der Waals surface area (Å²) in [6, 6.07) is 1.51. The van der Waals surface area contributed by atoms with Crippen LogP contribution in [0.15, 0.2) is 12.3 Å². The quantitative estimate of drug-likeness (QED) is 0.598. The lowest BCUT2D eigenvalue weighted by Gasteiger charge is -2.06. The zero-order chi connectivity index (χ0) is 12.7. The molecule has 1 amide bonds. The number of amides is 1. The Morgan fingerprint density at radius 1 is 1.59 bits per heavy atom. The van der Waals surface area contributed by atoms with Gasteiger partial charge in [-0.1, -0.05) is 11.6 Å². The van der Waals surface area contributed by atoms with Gasteiger partial charge in [0, 0.05) is 20.3 Å². The molecular formula is C11H16ClN3O2. The number of carbonyl (C=O) groups excluding carboxylic acids is 1. The first-order valence-corrected chi connectivity index (χ1v) is 5.71. The number of anilines is 1. The molecule has 1 aromatic rings. The Labute approximate surface area is 105 Å². The summed E-state index contributed by atoms with van der Waals surface area (Å²) in [5.74, 6) is -0.257. The molecule has 17 heavy (non-hydrogen) atoms. The van der Waals surface area contributed by atoms with Gasteiger partial charge in [0.2, 0.25) is 0 Å². The van der Waals surface area contributed by atoms with E-state index in [-0.39, 0.29) is 11.1 Å². The third-order valence-electron chi connectivity index (χ3n) is 2.17. The molecule has 3 N–H and O–H groups in total. The van der Waals surface area contributed by atoms with Gasteiger partial charge in [-0.25, -0.2) is 4.98 Å². The Morgan fingerprint density at radius 3 is 3.06 bits per heavy atom. The predicted octanol–water partition coefficient (Wildman–Crippen LogP) is 1.47. The van der Waals surface area contributed by atoms with Crippen LogP contribution in [0.25, 0.3) is 0 Å². The molecule has 1 aromatic heterocycles. The minimum absolute atomic E-state index is 0.161. The van der Waals surface area contributed by atoms with Gasteiger partial charge in [0.1, 0.15) is 5.15 Å². The summed E-state index contributed by atoms with van der Waals surface area (Å²) in [6.45, 7) is 1.27. The molecule has 0 aliphatic rings. The topological polar surface area (TPSA) is 77.2 Å². The minimum atomic E-state index is -0.257. The van der Waals surface area contributed by atoms with Crippen molar-refractivity contribution in [2.75, 3.05) is 26.0 Å². The van der Waals surface area contributed by atoms with Crippen LogP contribution in [-0.2, 0) is 4.74 Å². The minimum Gasteiger partial charge on any atom is -0.397 e. The van der Waals surface area contributed by atoms with E-state index >= 15 is 0 Å². The lowest BCUT2D eigenvalue weighted by Crippen LogP contribution is -2.25. The zero-order valence-electron chi connectivity index (χ0n) is 9.70. The zero-order valence-corrected chi connectivity index (χ0v) is 10.5. The molecule has 5 nitrogen and oxygen atoms in total. The van der Waals surface area contributed by atoms with Crippen molar-refractivity contribution in [2.24, 2.45) is 0 Å². The van der Waals surface area contributed by atoms with E-state index in [1.54, 1.807) is 7.11 Å². The summed E-state index contributed by atoms with van der Waals surface area (Å²) in [5, 5.41) is 2.91. The van der Waals surface area contributed by atoms with Crippen molar-refractivity contribution in [1.82, 2.24) is 10.3 Å². The van der Waals surface area contributed by atoms with Crippen LogP contribution in [0.2, 0.25) is 5.15 Å². The number of nitrogens with one attached hydrogen (secondary N) is 1. The van der Waals surface area contributed by atoms with Gasteiger partial charge in [-0.15, -0.1) is 0 Å². The molecule has 1 rings (SSSR count). The van der Waals surface area contributed by atoms with Crippen LogP contribution in [0.4, 0.5) is 5.69 Å². The molecule has 0 saturated carbocycles. The van der Waals surface area contributed by atoms with Gasteiger partial charge in [-0.05, 0) is 18.9 Å². The smallest absolute Gasteiger partial charge is 0.254 e. The first kappa shape index (κ1) is 13.7. The highest BCUT2D eigenvalue weighted by molar-refractivity contribution is 6.32. The molecule has 0 aliphatic heterocycles. The maximum atomic E-state index is 11.7. The standard InChI is InChI=1S/C11H16ClN3O2/c1-17-5-3-2-4-14-11(16)9-6-8(13)7-15-10(9)12/h6-7H,2-5,13H2,1H3,(H,14,16). The fourth-order valence-electron chi connectivity index (χ4n) is 1.29. The van der Waals surface area contributed by atoms with Gasteiger partial charge in [-0.3, -0.25) is 4.79 Å². The predicted molar refractivity (Wildman–Crippen MR) is 67.1 cm³/mol. The van der Waals surface area contributed by atoms with Crippen LogP contribution in [0.1, 0.15) is 23.2 Å². The van der Waals surface area contributed by atoms with Gasteiger partial charge < -0.3 is 15.8 Å². The molecule has 0 saturated heterocycles. The maximum absolute atomic E-state index is 11.7. The number of rotatable bonds is 6. The molecule has 0 spiro atoms. The van der Waals surface area contributed by atoms with Gasteiger partial charge in [0.25, 0.3) is 5.91 Å². The average Bonchev–Trinajstić information content (AvgIpc) is 2.32. The summed E-state index contributed by atoms with van der Waals surface area (Å²) in [7, 11) is 1.65. The normalized spacial score (nSPS) is 10.2. The van der Waals surface area contributed by atoms with E-state index in [1.807, 2.05) is 0 Å². The number of hydrogen-bond donors (Lipinski definition) is 2. The van der Waals surface area contributed by atoms with Gasteiger partial charge in [0.05, 0.1) is 17.4 Å². The number of ether oxygens (including phenoxy) is 1. The second-order valence-corrected chi connectivity index (χ2v) is 3.92. The fourth-order valence-corrected chi connectivity index (χ4v) is 1.48. The Balaban J connectivity index is 2.44. The molecule has 0 unspecified atom stereocenters. The van der Waals surface area contributed by atoms with Gasteiger partial charge in [-0.2, -0.15) is 0 Å². The van der Waals surface area contributed by atoms with Crippen LogP contribution >= 0.6 is 11.6 Å². The van der Waals surface area contributed by atoms with Crippen molar-refractivity contribution < 1.29 is 9.53 Å². The van der Waals surface area contributed by atoms with Crippen molar-refractivity contribution in [3.05, 3.63) is 23.0 Å². The second-order valence-electron chi connectivity index (χ2n) is 3.56. The van der Waals surface area contributed by atoms with Crippen molar-refractivity contribution in [3.8, 4) is 0 Å². The highest BCUT2D eigenvalue weighted by Gasteiger charge is 2.10. The van der Waals surface area contributed by atoms with Gasteiger partial charge >= 0.3 is 0 Å². The lowest BCUT2D eigenvalue weighted by molar-refractivity contribution is 0.0951. The largest absolute Gasteiger partial charge is 0.397 e. The molecule has 1 heterocycles. The molecule has 94 valence electrons. The van der Waals surface area contributed by atoms with Crippen LogP contribution in [0.3, 0.4) is 0 Å². The van der Waals surface area contributed by atoms with Crippen LogP contribution in [0.5, 0.6) is 0 Å². The van der Waals surface area contributed by atoms with E-state index in [2.05, 4.69) is 10.3 Å². The number of nitrogens with zero attached hydrogens (tertiary/aromatic N) is 1. The van der Waals surface area contributed by atoms with E-state index in [9.17, 15) is 4.79 Å². The molecule has 0 atom stereocenters. The summed E-state index contributed by atoms with van der Waals surface area (Å²) < 4.78 is 4.91. The summed E-state index contributed by atoms with van der Waals surface area (Å²) in [4.78, 5) is 15.5. The summed E-state index contributed by atoms with van der Waals surface area (Å²) >= 11 is 5.81. The first-order valence-electron chi connectivity index (χ1n) is 5.33.